The van der Waals surface area contributed by atoms with Crippen molar-refractivity contribution in [3.8, 4) is 0 Å². The van der Waals surface area contributed by atoms with E-state index in [1.54, 1.807) is 0 Å². The lowest BCUT2D eigenvalue weighted by Gasteiger charge is -2.40. The maximum atomic E-state index is 12.8. The SMILES string of the molecule is COC(=O)C1C(=O)C2=CCCCC[C@]2(C)[C@H]1[Si](C)(C)C. The molecule has 1 unspecified atom stereocenters. The van der Waals surface area contributed by atoms with Crippen LogP contribution in [0.25, 0.3) is 0 Å². The highest BCUT2D eigenvalue weighted by atomic mass is 28.3. The van der Waals surface area contributed by atoms with Crippen LogP contribution in [0.4, 0.5) is 0 Å². The van der Waals surface area contributed by atoms with Crippen molar-refractivity contribution in [2.45, 2.75) is 57.8 Å². The van der Waals surface area contributed by atoms with E-state index in [0.717, 1.165) is 31.3 Å². The molecule has 0 spiro atoms. The molecule has 20 heavy (non-hydrogen) atoms. The molecule has 3 atom stereocenters. The predicted molar refractivity (Wildman–Crippen MR) is 82.3 cm³/mol. The standard InChI is InChI=1S/C16H26O3Si/c1-16-10-8-6-7-9-11(16)13(17)12(15(18)19-2)14(16)20(3,4)5/h9,12,14H,6-8,10H2,1-5H3/t12?,14-,16-/m0/s1. The summed E-state index contributed by atoms with van der Waals surface area (Å²) >= 11 is 0. The molecule has 0 aromatic carbocycles. The zero-order chi connectivity index (χ0) is 15.1. The first-order chi connectivity index (χ1) is 9.23. The van der Waals surface area contributed by atoms with Crippen LogP contribution >= 0.6 is 0 Å². The van der Waals surface area contributed by atoms with Gasteiger partial charge < -0.3 is 4.74 Å². The monoisotopic (exact) mass is 294 g/mol. The molecule has 1 saturated carbocycles. The Morgan fingerprint density at radius 3 is 2.55 bits per heavy atom. The Hall–Kier alpha value is -0.903. The van der Waals surface area contributed by atoms with Crippen molar-refractivity contribution in [2.75, 3.05) is 7.11 Å². The molecule has 0 N–H and O–H groups in total. The van der Waals surface area contributed by atoms with Gasteiger partial charge in [-0.15, -0.1) is 0 Å². The van der Waals surface area contributed by atoms with E-state index in [1.807, 2.05) is 0 Å². The first-order valence-electron chi connectivity index (χ1n) is 7.56. The zero-order valence-electron chi connectivity index (χ0n) is 13.3. The van der Waals surface area contributed by atoms with Crippen LogP contribution in [0.5, 0.6) is 0 Å². The summed E-state index contributed by atoms with van der Waals surface area (Å²) in [7, 11) is -0.283. The van der Waals surface area contributed by atoms with Gasteiger partial charge in [-0.3, -0.25) is 9.59 Å². The molecule has 0 bridgehead atoms. The number of fused-ring (bicyclic) bond motifs is 1. The second-order valence-corrected chi connectivity index (χ2v) is 12.8. The van der Waals surface area contributed by atoms with Crippen molar-refractivity contribution < 1.29 is 14.3 Å². The van der Waals surface area contributed by atoms with Crippen molar-refractivity contribution in [1.29, 1.82) is 0 Å². The lowest BCUT2D eigenvalue weighted by molar-refractivity contribution is -0.148. The van der Waals surface area contributed by atoms with Crippen molar-refractivity contribution in [2.24, 2.45) is 11.3 Å². The average Bonchev–Trinajstić information content (AvgIpc) is 2.50. The van der Waals surface area contributed by atoms with Gasteiger partial charge in [0.1, 0.15) is 5.92 Å². The number of Topliss-reactive ketones (excluding diaryl/α,β-unsaturated/α-hetero) is 1. The molecule has 0 aliphatic heterocycles. The molecule has 2 rings (SSSR count). The molecular formula is C16H26O3Si. The van der Waals surface area contributed by atoms with Crippen LogP contribution < -0.4 is 0 Å². The number of ether oxygens (including phenoxy) is 1. The zero-order valence-corrected chi connectivity index (χ0v) is 14.3. The Morgan fingerprint density at radius 1 is 1.35 bits per heavy atom. The number of carbonyl (C=O) groups is 2. The van der Waals surface area contributed by atoms with Gasteiger partial charge in [-0.25, -0.2) is 0 Å². The van der Waals surface area contributed by atoms with E-state index >= 15 is 0 Å². The summed E-state index contributed by atoms with van der Waals surface area (Å²) in [5.74, 6) is -0.868. The van der Waals surface area contributed by atoms with Gasteiger partial charge in [0.2, 0.25) is 0 Å². The first-order valence-corrected chi connectivity index (χ1v) is 11.1. The lowest BCUT2D eigenvalue weighted by atomic mass is 9.80. The maximum absolute atomic E-state index is 12.8. The topological polar surface area (TPSA) is 43.4 Å². The predicted octanol–water partition coefficient (Wildman–Crippen LogP) is 3.57. The van der Waals surface area contributed by atoms with Gasteiger partial charge in [-0.2, -0.15) is 0 Å². The van der Waals surface area contributed by atoms with Crippen molar-refractivity contribution in [1.82, 2.24) is 0 Å². The highest BCUT2D eigenvalue weighted by molar-refractivity contribution is 6.78. The summed E-state index contributed by atoms with van der Waals surface area (Å²) in [4.78, 5) is 25.0. The smallest absolute Gasteiger partial charge is 0.316 e. The van der Waals surface area contributed by atoms with Crippen molar-refractivity contribution >= 4 is 19.8 Å². The van der Waals surface area contributed by atoms with E-state index in [1.165, 1.54) is 7.11 Å². The van der Waals surface area contributed by atoms with Gasteiger partial charge in [0.25, 0.3) is 0 Å². The van der Waals surface area contributed by atoms with E-state index in [9.17, 15) is 9.59 Å². The van der Waals surface area contributed by atoms with Gasteiger partial charge in [-0.05, 0) is 35.8 Å². The molecule has 0 radical (unpaired) electrons. The fourth-order valence-electron chi connectivity index (χ4n) is 4.47. The number of methoxy groups -OCH3 is 1. The van der Waals surface area contributed by atoms with E-state index in [-0.39, 0.29) is 22.7 Å². The molecule has 2 aliphatic rings. The molecule has 0 saturated heterocycles. The lowest BCUT2D eigenvalue weighted by Crippen LogP contribution is -2.42. The maximum Gasteiger partial charge on any atom is 0.316 e. The normalized spacial score (nSPS) is 34.2. The van der Waals surface area contributed by atoms with Crippen LogP contribution in [0.1, 0.15) is 32.6 Å². The molecule has 0 aromatic rings. The van der Waals surface area contributed by atoms with Crippen LogP contribution in [-0.4, -0.2) is 26.9 Å². The highest BCUT2D eigenvalue weighted by Crippen LogP contribution is 2.60. The summed E-state index contributed by atoms with van der Waals surface area (Å²) in [6, 6.07) is 0. The number of rotatable bonds is 2. The van der Waals surface area contributed by atoms with Crippen LogP contribution in [-0.2, 0) is 14.3 Å². The van der Waals surface area contributed by atoms with E-state index in [2.05, 4.69) is 32.6 Å². The van der Waals surface area contributed by atoms with Crippen LogP contribution in [0, 0.1) is 11.3 Å². The van der Waals surface area contributed by atoms with Crippen molar-refractivity contribution in [3.63, 3.8) is 0 Å². The van der Waals surface area contributed by atoms with Gasteiger partial charge >= 0.3 is 5.97 Å². The third kappa shape index (κ3) is 2.28. The Labute approximate surface area is 122 Å². The number of allylic oxidation sites excluding steroid dienone is 2. The molecule has 1 fully saturated rings. The van der Waals surface area contributed by atoms with Crippen LogP contribution in [0.3, 0.4) is 0 Å². The summed E-state index contributed by atoms with van der Waals surface area (Å²) < 4.78 is 4.95. The Bertz CT molecular complexity index is 461. The molecule has 0 aromatic heterocycles. The van der Waals surface area contributed by atoms with E-state index in [0.29, 0.717) is 0 Å². The largest absolute Gasteiger partial charge is 0.468 e. The third-order valence-electron chi connectivity index (χ3n) is 5.07. The van der Waals surface area contributed by atoms with Crippen LogP contribution in [0.2, 0.25) is 25.2 Å². The average molecular weight is 294 g/mol. The minimum atomic E-state index is -1.67. The number of esters is 1. The molecule has 0 heterocycles. The Morgan fingerprint density at radius 2 is 2.00 bits per heavy atom. The fourth-order valence-corrected chi connectivity index (χ4v) is 7.97. The summed E-state index contributed by atoms with van der Waals surface area (Å²) in [5.41, 5.74) is 0.939. The molecule has 0 amide bonds. The second-order valence-electron chi connectivity index (χ2n) is 7.49. The molecule has 3 nitrogen and oxygen atoms in total. The van der Waals surface area contributed by atoms with E-state index < -0.39 is 14.0 Å². The fraction of sp³-hybridized carbons (Fsp3) is 0.750. The van der Waals surface area contributed by atoms with Crippen LogP contribution in [0.15, 0.2) is 11.6 Å². The Balaban J connectivity index is 2.57. The molecule has 4 heteroatoms. The summed E-state index contributed by atoms with van der Waals surface area (Å²) in [6.07, 6.45) is 6.37. The molecular weight excluding hydrogens is 268 g/mol. The quantitative estimate of drug-likeness (QED) is 0.444. The Kier molecular flexibility index (Phi) is 3.98. The van der Waals surface area contributed by atoms with Gasteiger partial charge in [0.05, 0.1) is 7.11 Å². The minimum Gasteiger partial charge on any atom is -0.468 e. The minimum absolute atomic E-state index is 0.0358. The van der Waals surface area contributed by atoms with Gasteiger partial charge in [0.15, 0.2) is 5.78 Å². The number of hydrogen-bond donors (Lipinski definition) is 0. The summed E-state index contributed by atoms with van der Waals surface area (Å²) in [6.45, 7) is 8.99. The number of carbonyl (C=O) groups excluding carboxylic acids is 2. The summed E-state index contributed by atoms with van der Waals surface area (Å²) in [5, 5.41) is 0. The highest BCUT2D eigenvalue weighted by Gasteiger charge is 2.60. The second kappa shape index (κ2) is 5.13. The first kappa shape index (κ1) is 15.5. The van der Waals surface area contributed by atoms with Crippen molar-refractivity contribution in [3.05, 3.63) is 11.6 Å². The van der Waals surface area contributed by atoms with Gasteiger partial charge in [0, 0.05) is 8.07 Å². The van der Waals surface area contributed by atoms with E-state index in [4.69, 9.17) is 4.74 Å². The molecule has 112 valence electrons. The number of ketones is 1. The van der Waals surface area contributed by atoms with Gasteiger partial charge in [-0.1, -0.05) is 39.1 Å². The number of hydrogen-bond acceptors (Lipinski definition) is 3. The molecule has 2 aliphatic carbocycles. The third-order valence-corrected chi connectivity index (χ3v) is 7.91.